The van der Waals surface area contributed by atoms with Gasteiger partial charge in [-0.3, -0.25) is 9.78 Å². The minimum absolute atomic E-state index is 0.153. The monoisotopic (exact) mass is 243 g/mol. The molecule has 3 N–H and O–H groups in total. The van der Waals surface area contributed by atoms with Crippen molar-refractivity contribution in [1.29, 1.82) is 0 Å². The van der Waals surface area contributed by atoms with Crippen LogP contribution in [0, 0.1) is 5.92 Å². The molecule has 1 heterocycles. The number of hydrogen-bond donors (Lipinski definition) is 2. The van der Waals surface area contributed by atoms with E-state index < -0.39 is 0 Å². The standard InChI is InChI=1S/C14H17N3O/c1-9(2)8-17-14(18)13-11-4-3-5-12(15)10(11)6-7-16-13/h3-7,9H,8,15H2,1-2H3,(H,17,18). The Balaban J connectivity index is 2.39. The first-order chi connectivity index (χ1) is 8.59. The van der Waals surface area contributed by atoms with Gasteiger partial charge in [0, 0.05) is 29.2 Å². The first-order valence-corrected chi connectivity index (χ1v) is 6.01. The van der Waals surface area contributed by atoms with Gasteiger partial charge in [0.1, 0.15) is 5.69 Å². The Morgan fingerprint density at radius 2 is 2.11 bits per heavy atom. The molecule has 0 radical (unpaired) electrons. The van der Waals surface area contributed by atoms with E-state index in [0.717, 1.165) is 10.8 Å². The summed E-state index contributed by atoms with van der Waals surface area (Å²) in [6.45, 7) is 4.74. The summed E-state index contributed by atoms with van der Waals surface area (Å²) in [4.78, 5) is 16.2. The lowest BCUT2D eigenvalue weighted by molar-refractivity contribution is 0.0946. The maximum Gasteiger partial charge on any atom is 0.270 e. The van der Waals surface area contributed by atoms with E-state index in [1.54, 1.807) is 6.20 Å². The zero-order chi connectivity index (χ0) is 13.1. The van der Waals surface area contributed by atoms with Gasteiger partial charge < -0.3 is 11.1 Å². The minimum atomic E-state index is -0.153. The molecule has 2 rings (SSSR count). The van der Waals surface area contributed by atoms with Crippen LogP contribution in [-0.2, 0) is 0 Å². The van der Waals surface area contributed by atoms with Crippen LogP contribution in [0.3, 0.4) is 0 Å². The molecule has 0 saturated heterocycles. The van der Waals surface area contributed by atoms with Crippen molar-refractivity contribution in [2.45, 2.75) is 13.8 Å². The highest BCUT2D eigenvalue weighted by Crippen LogP contribution is 2.22. The third kappa shape index (κ3) is 2.42. The molecule has 0 fully saturated rings. The molecule has 2 aromatic rings. The molecule has 0 saturated carbocycles. The fraction of sp³-hybridized carbons (Fsp3) is 0.286. The molecular formula is C14H17N3O. The number of fused-ring (bicyclic) bond motifs is 1. The zero-order valence-corrected chi connectivity index (χ0v) is 10.6. The van der Waals surface area contributed by atoms with E-state index in [0.29, 0.717) is 23.8 Å². The van der Waals surface area contributed by atoms with Crippen LogP contribution in [0.1, 0.15) is 24.3 Å². The Kier molecular flexibility index (Phi) is 3.46. The van der Waals surface area contributed by atoms with Gasteiger partial charge in [0.05, 0.1) is 0 Å². The molecule has 0 aliphatic heterocycles. The highest BCUT2D eigenvalue weighted by atomic mass is 16.1. The first kappa shape index (κ1) is 12.4. The smallest absolute Gasteiger partial charge is 0.270 e. The van der Waals surface area contributed by atoms with Gasteiger partial charge in [0.2, 0.25) is 0 Å². The Morgan fingerprint density at radius 1 is 1.33 bits per heavy atom. The number of benzene rings is 1. The van der Waals surface area contributed by atoms with E-state index in [9.17, 15) is 4.79 Å². The number of anilines is 1. The Labute approximate surface area is 106 Å². The number of hydrogen-bond acceptors (Lipinski definition) is 3. The van der Waals surface area contributed by atoms with Gasteiger partial charge in [-0.25, -0.2) is 0 Å². The van der Waals surface area contributed by atoms with E-state index in [2.05, 4.69) is 24.1 Å². The van der Waals surface area contributed by atoms with Crippen LogP contribution < -0.4 is 11.1 Å². The second kappa shape index (κ2) is 5.04. The molecule has 0 atom stereocenters. The molecular weight excluding hydrogens is 226 g/mol. The van der Waals surface area contributed by atoms with Crippen LogP contribution in [0.5, 0.6) is 0 Å². The van der Waals surface area contributed by atoms with Gasteiger partial charge in [0.25, 0.3) is 5.91 Å². The van der Waals surface area contributed by atoms with Gasteiger partial charge in [-0.2, -0.15) is 0 Å². The molecule has 0 unspecified atom stereocenters. The molecule has 0 spiro atoms. The summed E-state index contributed by atoms with van der Waals surface area (Å²) in [6, 6.07) is 7.34. The highest BCUT2D eigenvalue weighted by Gasteiger charge is 2.12. The number of aromatic nitrogens is 1. The number of rotatable bonds is 3. The van der Waals surface area contributed by atoms with Gasteiger partial charge in [-0.15, -0.1) is 0 Å². The number of nitrogens with zero attached hydrogens (tertiary/aromatic N) is 1. The number of pyridine rings is 1. The number of nitrogens with two attached hydrogens (primary N) is 1. The average molecular weight is 243 g/mol. The first-order valence-electron chi connectivity index (χ1n) is 6.01. The largest absolute Gasteiger partial charge is 0.398 e. The number of carbonyl (C=O) groups excluding carboxylic acids is 1. The van der Waals surface area contributed by atoms with Gasteiger partial charge in [-0.1, -0.05) is 26.0 Å². The molecule has 1 aromatic heterocycles. The predicted octanol–water partition coefficient (Wildman–Crippen LogP) is 2.20. The van der Waals surface area contributed by atoms with Gasteiger partial charge in [-0.05, 0) is 18.1 Å². The molecule has 94 valence electrons. The van der Waals surface area contributed by atoms with Crippen molar-refractivity contribution in [3.05, 3.63) is 36.2 Å². The van der Waals surface area contributed by atoms with Crippen molar-refractivity contribution in [1.82, 2.24) is 10.3 Å². The fourth-order valence-corrected chi connectivity index (χ4v) is 1.79. The van der Waals surface area contributed by atoms with E-state index in [4.69, 9.17) is 5.73 Å². The van der Waals surface area contributed by atoms with Crippen molar-refractivity contribution in [3.63, 3.8) is 0 Å². The SMILES string of the molecule is CC(C)CNC(=O)c1nccc2c(N)cccc12. The molecule has 0 aliphatic rings. The summed E-state index contributed by atoms with van der Waals surface area (Å²) in [5.41, 5.74) is 6.98. The minimum Gasteiger partial charge on any atom is -0.398 e. The number of nitrogen functional groups attached to an aromatic ring is 1. The second-order valence-electron chi connectivity index (χ2n) is 4.71. The number of carbonyl (C=O) groups is 1. The zero-order valence-electron chi connectivity index (χ0n) is 10.6. The summed E-state index contributed by atoms with van der Waals surface area (Å²) in [5.74, 6) is 0.258. The van der Waals surface area contributed by atoms with Crippen LogP contribution in [0.4, 0.5) is 5.69 Å². The quantitative estimate of drug-likeness (QED) is 0.812. The predicted molar refractivity (Wildman–Crippen MR) is 73.3 cm³/mol. The van der Waals surface area contributed by atoms with E-state index in [1.807, 2.05) is 24.3 Å². The van der Waals surface area contributed by atoms with Crippen LogP contribution in [0.25, 0.3) is 10.8 Å². The fourth-order valence-electron chi connectivity index (χ4n) is 1.79. The van der Waals surface area contributed by atoms with Crippen LogP contribution >= 0.6 is 0 Å². The van der Waals surface area contributed by atoms with Crippen molar-refractivity contribution in [2.75, 3.05) is 12.3 Å². The molecule has 1 aromatic carbocycles. The highest BCUT2D eigenvalue weighted by molar-refractivity contribution is 6.07. The van der Waals surface area contributed by atoms with Crippen LogP contribution in [-0.4, -0.2) is 17.4 Å². The molecule has 0 bridgehead atoms. The maximum atomic E-state index is 12.1. The molecule has 0 aliphatic carbocycles. The van der Waals surface area contributed by atoms with Crippen molar-refractivity contribution < 1.29 is 4.79 Å². The average Bonchev–Trinajstić information content (AvgIpc) is 2.36. The lowest BCUT2D eigenvalue weighted by Crippen LogP contribution is -2.28. The summed E-state index contributed by atoms with van der Waals surface area (Å²) >= 11 is 0. The molecule has 1 amide bonds. The van der Waals surface area contributed by atoms with Crippen LogP contribution in [0.2, 0.25) is 0 Å². The van der Waals surface area contributed by atoms with E-state index in [1.165, 1.54) is 0 Å². The molecule has 4 heteroatoms. The Hall–Kier alpha value is -2.10. The lowest BCUT2D eigenvalue weighted by atomic mass is 10.1. The van der Waals surface area contributed by atoms with Crippen molar-refractivity contribution in [2.24, 2.45) is 5.92 Å². The Morgan fingerprint density at radius 3 is 2.83 bits per heavy atom. The van der Waals surface area contributed by atoms with Crippen LogP contribution in [0.15, 0.2) is 30.5 Å². The topological polar surface area (TPSA) is 68.0 Å². The number of nitrogens with one attached hydrogen (secondary N) is 1. The third-order valence-corrected chi connectivity index (χ3v) is 2.73. The van der Waals surface area contributed by atoms with E-state index >= 15 is 0 Å². The number of amides is 1. The molecule has 18 heavy (non-hydrogen) atoms. The Bertz CT molecular complexity index is 578. The summed E-state index contributed by atoms with van der Waals surface area (Å²) in [5, 5.41) is 4.52. The summed E-state index contributed by atoms with van der Waals surface area (Å²) < 4.78 is 0. The summed E-state index contributed by atoms with van der Waals surface area (Å²) in [7, 11) is 0. The van der Waals surface area contributed by atoms with E-state index in [-0.39, 0.29) is 5.91 Å². The third-order valence-electron chi connectivity index (χ3n) is 2.73. The normalized spacial score (nSPS) is 10.8. The van der Waals surface area contributed by atoms with Gasteiger partial charge in [0.15, 0.2) is 0 Å². The maximum absolute atomic E-state index is 12.1. The second-order valence-corrected chi connectivity index (χ2v) is 4.71. The molecule has 4 nitrogen and oxygen atoms in total. The lowest BCUT2D eigenvalue weighted by Gasteiger charge is -2.09. The van der Waals surface area contributed by atoms with Crippen molar-refractivity contribution >= 4 is 22.4 Å². The van der Waals surface area contributed by atoms with Gasteiger partial charge >= 0.3 is 0 Å². The van der Waals surface area contributed by atoms with Crippen molar-refractivity contribution in [3.8, 4) is 0 Å². The summed E-state index contributed by atoms with van der Waals surface area (Å²) in [6.07, 6.45) is 1.61.